The number of aliphatic hydroxyl groups is 1. The fraction of sp³-hybridized carbons (Fsp3) is 0.444. The van der Waals surface area contributed by atoms with E-state index in [4.69, 9.17) is 4.74 Å². The second-order valence-electron chi connectivity index (χ2n) is 6.21. The Balaban J connectivity index is 1.79. The van der Waals surface area contributed by atoms with Gasteiger partial charge in [0, 0.05) is 45.1 Å². The molecule has 0 radical (unpaired) electrons. The van der Waals surface area contributed by atoms with Crippen molar-refractivity contribution < 1.29 is 9.84 Å². The fourth-order valence-corrected chi connectivity index (χ4v) is 2.35. The molecule has 0 fully saturated rings. The van der Waals surface area contributed by atoms with E-state index in [9.17, 15) is 5.11 Å². The van der Waals surface area contributed by atoms with Gasteiger partial charge in [-0.3, -0.25) is 4.90 Å². The Kier molecular flexibility index (Phi) is 6.52. The Bertz CT molecular complexity index is 631. The van der Waals surface area contributed by atoms with Crippen molar-refractivity contribution in [3.8, 4) is 5.75 Å². The third kappa shape index (κ3) is 5.47. The second kappa shape index (κ2) is 8.61. The minimum Gasteiger partial charge on any atom is -0.491 e. The third-order valence-electron chi connectivity index (χ3n) is 3.59. The molecule has 130 valence electrons. The quantitative estimate of drug-likeness (QED) is 0.795. The first-order valence-corrected chi connectivity index (χ1v) is 7.99. The molecule has 0 saturated heterocycles. The summed E-state index contributed by atoms with van der Waals surface area (Å²) in [6, 6.07) is 7.80. The van der Waals surface area contributed by atoms with Crippen LogP contribution in [-0.4, -0.2) is 60.4 Å². The zero-order valence-corrected chi connectivity index (χ0v) is 14.8. The zero-order chi connectivity index (χ0) is 17.5. The highest BCUT2D eigenvalue weighted by atomic mass is 16.5. The van der Waals surface area contributed by atoms with Crippen LogP contribution in [0.25, 0.3) is 0 Å². The molecule has 1 N–H and O–H groups in total. The molecule has 0 spiro atoms. The van der Waals surface area contributed by atoms with Crippen molar-refractivity contribution in [2.75, 3.05) is 39.2 Å². The molecule has 0 aliphatic rings. The minimum atomic E-state index is -0.559. The molecule has 6 nitrogen and oxygen atoms in total. The minimum absolute atomic E-state index is 0.269. The number of aryl methyl sites for hydroxylation is 1. The lowest BCUT2D eigenvalue weighted by molar-refractivity contribution is 0.0741. The van der Waals surface area contributed by atoms with E-state index in [-0.39, 0.29) is 6.61 Å². The van der Waals surface area contributed by atoms with Gasteiger partial charge in [-0.1, -0.05) is 18.2 Å². The van der Waals surface area contributed by atoms with Gasteiger partial charge >= 0.3 is 0 Å². The number of hydrogen-bond acceptors (Lipinski definition) is 6. The molecule has 2 aromatic rings. The van der Waals surface area contributed by atoms with E-state index >= 15 is 0 Å². The molecule has 1 unspecified atom stereocenters. The van der Waals surface area contributed by atoms with Gasteiger partial charge in [-0.15, -0.1) is 0 Å². The summed E-state index contributed by atoms with van der Waals surface area (Å²) in [5.74, 6) is 1.50. The molecule has 0 saturated carbocycles. The van der Waals surface area contributed by atoms with Crippen LogP contribution in [-0.2, 0) is 6.54 Å². The van der Waals surface area contributed by atoms with Crippen molar-refractivity contribution in [3.63, 3.8) is 0 Å². The summed E-state index contributed by atoms with van der Waals surface area (Å²) >= 11 is 0. The highest BCUT2D eigenvalue weighted by molar-refractivity contribution is 5.31. The average molecular weight is 330 g/mol. The van der Waals surface area contributed by atoms with Crippen LogP contribution in [0.3, 0.4) is 0 Å². The molecule has 6 heteroatoms. The number of aliphatic hydroxyl groups excluding tert-OH is 1. The summed E-state index contributed by atoms with van der Waals surface area (Å²) in [6.07, 6.45) is 3.07. The van der Waals surface area contributed by atoms with Crippen LogP contribution in [0.2, 0.25) is 0 Å². The number of anilines is 1. The first kappa shape index (κ1) is 18.2. The van der Waals surface area contributed by atoms with Crippen molar-refractivity contribution in [1.82, 2.24) is 14.9 Å². The van der Waals surface area contributed by atoms with Crippen LogP contribution in [0.5, 0.6) is 5.75 Å². The van der Waals surface area contributed by atoms with E-state index in [0.717, 1.165) is 16.9 Å². The highest BCUT2D eigenvalue weighted by Crippen LogP contribution is 2.16. The number of aromatic nitrogens is 2. The van der Waals surface area contributed by atoms with E-state index in [0.29, 0.717) is 19.0 Å². The van der Waals surface area contributed by atoms with Gasteiger partial charge in [-0.05, 0) is 25.6 Å². The number of nitrogens with zero attached hydrogens (tertiary/aromatic N) is 4. The number of para-hydroxylation sites is 1. The number of benzene rings is 1. The maximum atomic E-state index is 10.2. The largest absolute Gasteiger partial charge is 0.491 e. The summed E-state index contributed by atoms with van der Waals surface area (Å²) < 4.78 is 5.68. The van der Waals surface area contributed by atoms with Gasteiger partial charge in [0.1, 0.15) is 18.5 Å². The Labute approximate surface area is 143 Å². The normalized spacial score (nSPS) is 12.2. The molecular weight excluding hydrogens is 304 g/mol. The Morgan fingerprint density at radius 3 is 2.42 bits per heavy atom. The van der Waals surface area contributed by atoms with Gasteiger partial charge in [-0.2, -0.15) is 0 Å². The number of likely N-dealkylation sites (N-methyl/N-ethyl adjacent to an activating group) is 1. The summed E-state index contributed by atoms with van der Waals surface area (Å²) in [7, 11) is 5.77. The Morgan fingerprint density at radius 2 is 1.79 bits per heavy atom. The zero-order valence-electron chi connectivity index (χ0n) is 14.8. The summed E-state index contributed by atoms with van der Waals surface area (Å²) in [4.78, 5) is 12.5. The van der Waals surface area contributed by atoms with Crippen LogP contribution >= 0.6 is 0 Å². The summed E-state index contributed by atoms with van der Waals surface area (Å²) in [5, 5.41) is 10.2. The van der Waals surface area contributed by atoms with Crippen molar-refractivity contribution in [3.05, 3.63) is 47.8 Å². The third-order valence-corrected chi connectivity index (χ3v) is 3.59. The van der Waals surface area contributed by atoms with Gasteiger partial charge in [0.2, 0.25) is 5.95 Å². The molecule has 0 bridgehead atoms. The lowest BCUT2D eigenvalue weighted by atomic mass is 10.2. The number of rotatable bonds is 8. The van der Waals surface area contributed by atoms with Crippen LogP contribution in [0.4, 0.5) is 5.95 Å². The first-order valence-electron chi connectivity index (χ1n) is 7.99. The van der Waals surface area contributed by atoms with Crippen LogP contribution < -0.4 is 9.64 Å². The van der Waals surface area contributed by atoms with E-state index in [1.807, 2.05) is 74.5 Å². The maximum absolute atomic E-state index is 10.2. The van der Waals surface area contributed by atoms with Gasteiger partial charge < -0.3 is 14.7 Å². The predicted octanol–water partition coefficient (Wildman–Crippen LogP) is 1.72. The molecule has 2 rings (SSSR count). The van der Waals surface area contributed by atoms with Crippen molar-refractivity contribution >= 4 is 5.95 Å². The molecule has 0 amide bonds. The van der Waals surface area contributed by atoms with E-state index in [1.165, 1.54) is 0 Å². The van der Waals surface area contributed by atoms with Crippen LogP contribution in [0.1, 0.15) is 11.1 Å². The molecular formula is C18H26N4O2. The molecule has 1 aromatic heterocycles. The van der Waals surface area contributed by atoms with Crippen molar-refractivity contribution in [2.45, 2.75) is 19.6 Å². The van der Waals surface area contributed by atoms with E-state index in [2.05, 4.69) is 9.97 Å². The van der Waals surface area contributed by atoms with Crippen molar-refractivity contribution in [2.24, 2.45) is 0 Å². The Hall–Kier alpha value is -2.18. The Morgan fingerprint density at radius 1 is 1.12 bits per heavy atom. The highest BCUT2D eigenvalue weighted by Gasteiger charge is 2.11. The summed E-state index contributed by atoms with van der Waals surface area (Å²) in [6.45, 7) is 3.45. The standard InChI is InChI=1S/C18H26N4O2/c1-14-7-5-6-8-17(14)24-13-16(23)12-22(4)11-15-9-19-18(20-10-15)21(2)3/h5-10,16,23H,11-13H2,1-4H3. The smallest absolute Gasteiger partial charge is 0.224 e. The van der Waals surface area contributed by atoms with Crippen LogP contribution in [0, 0.1) is 6.92 Å². The van der Waals surface area contributed by atoms with Gasteiger partial charge in [0.05, 0.1) is 0 Å². The molecule has 1 heterocycles. The van der Waals surface area contributed by atoms with Gasteiger partial charge in [0.15, 0.2) is 0 Å². The molecule has 1 atom stereocenters. The van der Waals surface area contributed by atoms with Gasteiger partial charge in [0.25, 0.3) is 0 Å². The average Bonchev–Trinajstić information content (AvgIpc) is 2.54. The van der Waals surface area contributed by atoms with Crippen LogP contribution in [0.15, 0.2) is 36.7 Å². The fourth-order valence-electron chi connectivity index (χ4n) is 2.35. The maximum Gasteiger partial charge on any atom is 0.224 e. The molecule has 0 aliphatic carbocycles. The SMILES string of the molecule is Cc1ccccc1OCC(O)CN(C)Cc1cnc(N(C)C)nc1. The van der Waals surface area contributed by atoms with E-state index in [1.54, 1.807) is 0 Å². The lowest BCUT2D eigenvalue weighted by Gasteiger charge is -2.21. The molecule has 0 aliphatic heterocycles. The number of ether oxygens (including phenoxy) is 1. The topological polar surface area (TPSA) is 61.7 Å². The first-order chi connectivity index (χ1) is 11.5. The van der Waals surface area contributed by atoms with E-state index < -0.39 is 6.10 Å². The van der Waals surface area contributed by atoms with Crippen molar-refractivity contribution in [1.29, 1.82) is 0 Å². The van der Waals surface area contributed by atoms with Gasteiger partial charge in [-0.25, -0.2) is 9.97 Å². The second-order valence-corrected chi connectivity index (χ2v) is 6.21. The predicted molar refractivity (Wildman–Crippen MR) is 95.4 cm³/mol. The molecule has 24 heavy (non-hydrogen) atoms. The monoisotopic (exact) mass is 330 g/mol. The lowest BCUT2D eigenvalue weighted by Crippen LogP contribution is -2.33. The number of hydrogen-bond donors (Lipinski definition) is 1. The summed E-state index contributed by atoms with van der Waals surface area (Å²) in [5.41, 5.74) is 2.08. The molecule has 1 aromatic carbocycles.